The molecule has 1 aromatic heterocycles. The third-order valence-corrected chi connectivity index (χ3v) is 5.80. The Morgan fingerprint density at radius 2 is 1.91 bits per heavy atom. The molecule has 7 heteroatoms. The second kappa shape index (κ2) is 10.5. The number of hydrogen-bond donors (Lipinski definition) is 2. The molecule has 0 aliphatic rings. The van der Waals surface area contributed by atoms with Gasteiger partial charge in [0, 0.05) is 11.3 Å². The van der Waals surface area contributed by atoms with Crippen molar-refractivity contribution in [2.45, 2.75) is 33.1 Å². The Balaban J connectivity index is 1.34. The molecule has 1 amide bonds. The van der Waals surface area contributed by atoms with Crippen molar-refractivity contribution in [1.29, 1.82) is 0 Å². The summed E-state index contributed by atoms with van der Waals surface area (Å²) in [6, 6.07) is 21.2. The lowest BCUT2D eigenvalue weighted by atomic mass is 9.98. The molecule has 0 aliphatic heterocycles. The molecule has 0 fully saturated rings. The molecule has 1 atom stereocenters. The Kier molecular flexibility index (Phi) is 7.23. The van der Waals surface area contributed by atoms with E-state index >= 15 is 0 Å². The first-order chi connectivity index (χ1) is 16.4. The fraction of sp³-hybridized carbons (Fsp3) is 0.222. The van der Waals surface area contributed by atoms with Gasteiger partial charge in [0.25, 0.3) is 5.91 Å². The van der Waals surface area contributed by atoms with Gasteiger partial charge >= 0.3 is 0 Å². The van der Waals surface area contributed by atoms with Crippen LogP contribution in [0.25, 0.3) is 22.6 Å². The van der Waals surface area contributed by atoms with Crippen LogP contribution in [0.15, 0.2) is 71.1 Å². The van der Waals surface area contributed by atoms with Crippen molar-refractivity contribution in [3.63, 3.8) is 0 Å². The Bertz CT molecular complexity index is 1310. The smallest absolute Gasteiger partial charge is 0.264 e. The highest BCUT2D eigenvalue weighted by Crippen LogP contribution is 2.28. The van der Waals surface area contributed by atoms with E-state index in [2.05, 4.69) is 41.6 Å². The zero-order valence-corrected chi connectivity index (χ0v) is 20.2. The second-order valence-corrected chi connectivity index (χ2v) is 8.65. The van der Waals surface area contributed by atoms with Crippen molar-refractivity contribution in [2.75, 3.05) is 11.9 Å². The van der Waals surface area contributed by atoms with E-state index in [0.29, 0.717) is 17.6 Å². The Hall–Kier alpha value is -3.71. The van der Waals surface area contributed by atoms with Gasteiger partial charge in [-0.05, 0) is 91.1 Å². The summed E-state index contributed by atoms with van der Waals surface area (Å²) in [6.07, 6.45) is 1.08. The number of hydrogen-bond acceptors (Lipinski definition) is 5. The Morgan fingerprint density at radius 1 is 1.12 bits per heavy atom. The zero-order valence-electron chi connectivity index (χ0n) is 19.4. The topological polar surface area (TPSA) is 76.4 Å². The summed E-state index contributed by atoms with van der Waals surface area (Å²) in [4.78, 5) is 16.8. The number of aryl methyl sites for hydroxylation is 1. The van der Waals surface area contributed by atoms with Gasteiger partial charge in [0.2, 0.25) is 5.89 Å². The van der Waals surface area contributed by atoms with E-state index in [4.69, 9.17) is 21.4 Å². The number of carbonyl (C=O) groups is 1. The molecule has 6 nitrogen and oxygen atoms in total. The monoisotopic (exact) mass is 473 g/mol. The van der Waals surface area contributed by atoms with Crippen LogP contribution in [-0.4, -0.2) is 22.6 Å². The van der Waals surface area contributed by atoms with Gasteiger partial charge < -0.3 is 14.5 Å². The van der Waals surface area contributed by atoms with E-state index in [1.54, 1.807) is 6.07 Å². The summed E-state index contributed by atoms with van der Waals surface area (Å²) in [5.74, 6) is 1.35. The molecule has 0 saturated carbocycles. The minimum atomic E-state index is -0.334. The molecule has 4 aromatic rings. The molecule has 0 radical (unpaired) electrons. The van der Waals surface area contributed by atoms with E-state index < -0.39 is 0 Å². The van der Waals surface area contributed by atoms with Crippen molar-refractivity contribution in [2.24, 2.45) is 0 Å². The fourth-order valence-corrected chi connectivity index (χ4v) is 3.72. The third-order valence-electron chi connectivity index (χ3n) is 5.60. The average molecular weight is 474 g/mol. The number of aromatic nitrogens is 1. The lowest BCUT2D eigenvalue weighted by molar-refractivity contribution is -0.121. The Labute approximate surface area is 204 Å². The second-order valence-electron chi connectivity index (χ2n) is 8.24. The first-order valence-electron chi connectivity index (χ1n) is 11.2. The molecule has 2 N–H and O–H groups in total. The summed E-state index contributed by atoms with van der Waals surface area (Å²) in [6.45, 7) is 6.22. The van der Waals surface area contributed by atoms with Crippen LogP contribution in [0.3, 0.4) is 0 Å². The molecular formula is C27H27N3O3S. The van der Waals surface area contributed by atoms with Crippen molar-refractivity contribution in [1.82, 2.24) is 10.3 Å². The standard InChI is InChI=1S/C27H27N3O3S/c1-4-18(3)20-10-13-24-23(15-20)29-26(33-24)19-8-11-21(12-9-19)28-27(34)30-25(31)16-32-22-7-5-6-17(2)14-22/h5-15,18H,4,16H2,1-3H3,(H2,28,30,31,34)/t18-/m0/s1. The van der Waals surface area contributed by atoms with Crippen LogP contribution in [-0.2, 0) is 4.79 Å². The van der Waals surface area contributed by atoms with Gasteiger partial charge in [0.15, 0.2) is 17.3 Å². The number of fused-ring (bicyclic) bond motifs is 1. The van der Waals surface area contributed by atoms with Crippen LogP contribution < -0.4 is 15.4 Å². The first-order valence-corrected chi connectivity index (χ1v) is 11.6. The van der Waals surface area contributed by atoms with E-state index in [-0.39, 0.29) is 17.6 Å². The highest BCUT2D eigenvalue weighted by atomic mass is 32.1. The molecular weight excluding hydrogens is 446 g/mol. The summed E-state index contributed by atoms with van der Waals surface area (Å²) in [7, 11) is 0. The van der Waals surface area contributed by atoms with Gasteiger partial charge in [-0.25, -0.2) is 4.98 Å². The molecule has 0 aliphatic carbocycles. The molecule has 174 valence electrons. The van der Waals surface area contributed by atoms with Crippen molar-refractivity contribution in [3.8, 4) is 17.2 Å². The summed E-state index contributed by atoms with van der Waals surface area (Å²) in [5, 5.41) is 5.83. The highest BCUT2D eigenvalue weighted by molar-refractivity contribution is 7.80. The van der Waals surface area contributed by atoms with Gasteiger partial charge in [-0.2, -0.15) is 0 Å². The van der Waals surface area contributed by atoms with Crippen molar-refractivity contribution >= 4 is 40.0 Å². The van der Waals surface area contributed by atoms with E-state index in [9.17, 15) is 4.79 Å². The van der Waals surface area contributed by atoms with Gasteiger partial charge in [0.1, 0.15) is 11.3 Å². The van der Waals surface area contributed by atoms with E-state index in [1.165, 1.54) is 5.56 Å². The average Bonchev–Trinajstić information content (AvgIpc) is 3.26. The maximum Gasteiger partial charge on any atom is 0.264 e. The molecule has 0 spiro atoms. The molecule has 4 rings (SSSR count). The maximum atomic E-state index is 12.1. The quantitative estimate of drug-likeness (QED) is 0.311. The van der Waals surface area contributed by atoms with Crippen LogP contribution in [0.1, 0.15) is 37.3 Å². The number of rotatable bonds is 7. The number of amides is 1. The highest BCUT2D eigenvalue weighted by Gasteiger charge is 2.12. The number of ether oxygens (including phenoxy) is 1. The third kappa shape index (κ3) is 5.80. The first kappa shape index (κ1) is 23.4. The predicted octanol–water partition coefficient (Wildman–Crippen LogP) is 6.21. The Morgan fingerprint density at radius 3 is 2.65 bits per heavy atom. The van der Waals surface area contributed by atoms with Crippen LogP contribution in [0.2, 0.25) is 0 Å². The number of thiocarbonyl (C=S) groups is 1. The molecule has 1 heterocycles. The van der Waals surface area contributed by atoms with Crippen molar-refractivity contribution < 1.29 is 13.9 Å². The lowest BCUT2D eigenvalue weighted by Crippen LogP contribution is -2.37. The van der Waals surface area contributed by atoms with Crippen LogP contribution >= 0.6 is 12.2 Å². The normalized spacial score (nSPS) is 11.7. The van der Waals surface area contributed by atoms with Crippen LogP contribution in [0, 0.1) is 6.92 Å². The largest absolute Gasteiger partial charge is 0.484 e. The fourth-order valence-electron chi connectivity index (χ4n) is 3.49. The van der Waals surface area contributed by atoms with Gasteiger partial charge in [-0.1, -0.05) is 32.0 Å². The predicted molar refractivity (Wildman–Crippen MR) is 139 cm³/mol. The van der Waals surface area contributed by atoms with Gasteiger partial charge in [0.05, 0.1) is 0 Å². The van der Waals surface area contributed by atoms with Gasteiger partial charge in [-0.3, -0.25) is 10.1 Å². The summed E-state index contributed by atoms with van der Waals surface area (Å²) in [5.41, 5.74) is 5.53. The van der Waals surface area contributed by atoms with Gasteiger partial charge in [-0.15, -0.1) is 0 Å². The number of benzene rings is 3. The summed E-state index contributed by atoms with van der Waals surface area (Å²) < 4.78 is 11.4. The molecule has 0 saturated heterocycles. The number of oxazole rings is 1. The zero-order chi connectivity index (χ0) is 24.1. The van der Waals surface area contributed by atoms with Crippen LogP contribution in [0.5, 0.6) is 5.75 Å². The number of nitrogens with zero attached hydrogens (tertiary/aromatic N) is 1. The van der Waals surface area contributed by atoms with E-state index in [1.807, 2.05) is 55.5 Å². The molecule has 34 heavy (non-hydrogen) atoms. The number of nitrogens with one attached hydrogen (secondary N) is 2. The number of carbonyl (C=O) groups excluding carboxylic acids is 1. The summed E-state index contributed by atoms with van der Waals surface area (Å²) >= 11 is 5.25. The minimum absolute atomic E-state index is 0.124. The van der Waals surface area contributed by atoms with Crippen LogP contribution in [0.4, 0.5) is 5.69 Å². The molecule has 0 unspecified atom stereocenters. The minimum Gasteiger partial charge on any atom is -0.484 e. The van der Waals surface area contributed by atoms with E-state index in [0.717, 1.165) is 34.3 Å². The number of anilines is 1. The SMILES string of the molecule is CC[C@H](C)c1ccc2oc(-c3ccc(NC(=S)NC(=O)COc4cccc(C)c4)cc3)nc2c1. The lowest BCUT2D eigenvalue weighted by Gasteiger charge is -2.11. The molecule has 0 bridgehead atoms. The van der Waals surface area contributed by atoms with Crippen molar-refractivity contribution in [3.05, 3.63) is 77.9 Å². The maximum absolute atomic E-state index is 12.1. The molecule has 3 aromatic carbocycles.